The molecule has 0 aliphatic heterocycles. The average molecular weight is 332 g/mol. The quantitative estimate of drug-likeness (QED) is 0.753. The van der Waals surface area contributed by atoms with E-state index in [9.17, 15) is 9.18 Å². The van der Waals surface area contributed by atoms with Crippen molar-refractivity contribution < 1.29 is 14.3 Å². The fourth-order valence-corrected chi connectivity index (χ4v) is 2.24. The van der Waals surface area contributed by atoms with Crippen molar-refractivity contribution >= 4 is 21.9 Å². The Morgan fingerprint density at radius 3 is 2.79 bits per heavy atom. The lowest BCUT2D eigenvalue weighted by molar-refractivity contribution is -0.137. The Morgan fingerprint density at radius 1 is 1.47 bits per heavy atom. The molecule has 1 rings (SSSR count). The number of rotatable bonds is 7. The molecule has 1 aromatic carbocycles. The maximum absolute atomic E-state index is 13.8. The summed E-state index contributed by atoms with van der Waals surface area (Å²) in [6, 6.07) is 4.91. The van der Waals surface area contributed by atoms with Crippen molar-refractivity contribution in [3.8, 4) is 0 Å². The van der Waals surface area contributed by atoms with Gasteiger partial charge >= 0.3 is 5.97 Å². The van der Waals surface area contributed by atoms with Gasteiger partial charge < -0.3 is 10.4 Å². The lowest BCUT2D eigenvalue weighted by atomic mass is 9.84. The molecule has 3 nitrogen and oxygen atoms in total. The molecule has 1 aromatic rings. The third-order valence-corrected chi connectivity index (χ3v) is 3.46. The number of hydrogen-bond donors (Lipinski definition) is 2. The molecule has 5 heteroatoms. The zero-order valence-corrected chi connectivity index (χ0v) is 12.8. The van der Waals surface area contributed by atoms with Crippen molar-refractivity contribution in [3.05, 3.63) is 34.1 Å². The van der Waals surface area contributed by atoms with E-state index in [4.69, 9.17) is 5.11 Å². The van der Waals surface area contributed by atoms with Crippen molar-refractivity contribution in [1.29, 1.82) is 0 Å². The van der Waals surface area contributed by atoms with E-state index in [-0.39, 0.29) is 17.7 Å². The summed E-state index contributed by atoms with van der Waals surface area (Å²) in [5.74, 6) is -1.01. The molecule has 0 atom stereocenters. The van der Waals surface area contributed by atoms with Gasteiger partial charge in [0.25, 0.3) is 0 Å². The fraction of sp³-hybridized carbons (Fsp3) is 0.500. The molecular formula is C14H19BrFNO2. The zero-order chi connectivity index (χ0) is 14.5. The van der Waals surface area contributed by atoms with Crippen LogP contribution in [0.5, 0.6) is 0 Å². The molecule has 0 fully saturated rings. The van der Waals surface area contributed by atoms with Crippen LogP contribution in [0, 0.1) is 5.82 Å². The number of nitrogens with one attached hydrogen (secondary N) is 1. The van der Waals surface area contributed by atoms with Gasteiger partial charge in [-0.1, -0.05) is 29.8 Å². The van der Waals surface area contributed by atoms with Crippen LogP contribution in [-0.2, 0) is 10.2 Å². The first-order chi connectivity index (χ1) is 8.83. The van der Waals surface area contributed by atoms with Crippen LogP contribution in [0.2, 0.25) is 0 Å². The van der Waals surface area contributed by atoms with Gasteiger partial charge in [-0.2, -0.15) is 0 Å². The van der Waals surface area contributed by atoms with E-state index in [2.05, 4.69) is 21.2 Å². The van der Waals surface area contributed by atoms with Crippen LogP contribution in [-0.4, -0.2) is 24.2 Å². The Hall–Kier alpha value is -0.940. The van der Waals surface area contributed by atoms with Gasteiger partial charge in [0.2, 0.25) is 0 Å². The molecule has 0 aliphatic carbocycles. The van der Waals surface area contributed by atoms with E-state index in [0.29, 0.717) is 25.1 Å². The third-order valence-electron chi connectivity index (χ3n) is 2.97. The van der Waals surface area contributed by atoms with Gasteiger partial charge in [0, 0.05) is 22.9 Å². The maximum atomic E-state index is 13.8. The van der Waals surface area contributed by atoms with Crippen LogP contribution in [0.25, 0.3) is 0 Å². The first-order valence-corrected chi connectivity index (χ1v) is 7.00. The summed E-state index contributed by atoms with van der Waals surface area (Å²) in [5.41, 5.74) is 0.296. The fourth-order valence-electron chi connectivity index (χ4n) is 1.88. The highest BCUT2D eigenvalue weighted by Crippen LogP contribution is 2.27. The molecule has 0 unspecified atom stereocenters. The number of benzene rings is 1. The Kier molecular flexibility index (Phi) is 5.94. The number of carboxylic acid groups (broad SMARTS) is 1. The zero-order valence-electron chi connectivity index (χ0n) is 11.2. The predicted molar refractivity (Wildman–Crippen MR) is 76.9 cm³/mol. The normalized spacial score (nSPS) is 11.6. The minimum Gasteiger partial charge on any atom is -0.481 e. The van der Waals surface area contributed by atoms with Crippen molar-refractivity contribution in [2.75, 3.05) is 13.1 Å². The average Bonchev–Trinajstić information content (AvgIpc) is 2.31. The molecule has 0 amide bonds. The van der Waals surface area contributed by atoms with E-state index in [1.165, 1.54) is 6.07 Å². The summed E-state index contributed by atoms with van der Waals surface area (Å²) in [5, 5.41) is 11.7. The van der Waals surface area contributed by atoms with Gasteiger partial charge in [0.1, 0.15) is 5.82 Å². The van der Waals surface area contributed by atoms with Gasteiger partial charge in [-0.25, -0.2) is 4.39 Å². The second-order valence-electron chi connectivity index (χ2n) is 5.18. The van der Waals surface area contributed by atoms with E-state index in [0.717, 1.165) is 4.47 Å². The smallest absolute Gasteiger partial charge is 0.303 e. The van der Waals surface area contributed by atoms with Crippen LogP contribution in [0.3, 0.4) is 0 Å². The van der Waals surface area contributed by atoms with Crippen molar-refractivity contribution in [2.45, 2.75) is 32.1 Å². The summed E-state index contributed by atoms with van der Waals surface area (Å²) in [7, 11) is 0. The van der Waals surface area contributed by atoms with Gasteiger partial charge in [-0.15, -0.1) is 0 Å². The number of aliphatic carboxylic acids is 1. The molecule has 0 saturated carbocycles. The standard InChI is InChI=1S/C14H19BrFNO2/c1-14(2,9-17-7-3-4-13(18)19)11-8-10(15)5-6-12(11)16/h5-6,8,17H,3-4,7,9H2,1-2H3,(H,18,19). The second kappa shape index (κ2) is 7.01. The number of carbonyl (C=O) groups is 1. The highest BCUT2D eigenvalue weighted by Gasteiger charge is 2.23. The monoisotopic (exact) mass is 331 g/mol. The molecule has 0 bridgehead atoms. The van der Waals surface area contributed by atoms with Crippen LogP contribution >= 0.6 is 15.9 Å². The van der Waals surface area contributed by atoms with E-state index < -0.39 is 5.97 Å². The molecule has 0 radical (unpaired) electrons. The van der Waals surface area contributed by atoms with Gasteiger partial charge in [-0.3, -0.25) is 4.79 Å². The van der Waals surface area contributed by atoms with Crippen LogP contribution < -0.4 is 5.32 Å². The minimum atomic E-state index is -0.793. The summed E-state index contributed by atoms with van der Waals surface area (Å²) in [6.45, 7) is 5.13. The van der Waals surface area contributed by atoms with Gasteiger partial charge in [-0.05, 0) is 36.7 Å². The highest BCUT2D eigenvalue weighted by atomic mass is 79.9. The predicted octanol–water partition coefficient (Wildman–Crippen LogP) is 3.32. The highest BCUT2D eigenvalue weighted by molar-refractivity contribution is 9.10. The first kappa shape index (κ1) is 16.1. The SMILES string of the molecule is CC(C)(CNCCCC(=O)O)c1cc(Br)ccc1F. The van der Waals surface area contributed by atoms with E-state index >= 15 is 0 Å². The topological polar surface area (TPSA) is 49.3 Å². The number of hydrogen-bond acceptors (Lipinski definition) is 2. The summed E-state index contributed by atoms with van der Waals surface area (Å²) >= 11 is 3.35. The molecule has 0 aliphatic rings. The third kappa shape index (κ3) is 5.28. The Balaban J connectivity index is 2.55. The Morgan fingerprint density at radius 2 is 2.16 bits per heavy atom. The first-order valence-electron chi connectivity index (χ1n) is 6.21. The van der Waals surface area contributed by atoms with E-state index in [1.54, 1.807) is 12.1 Å². The van der Waals surface area contributed by atoms with Crippen molar-refractivity contribution in [3.63, 3.8) is 0 Å². The summed E-state index contributed by atoms with van der Waals surface area (Å²) < 4.78 is 14.7. The Bertz CT molecular complexity index is 449. The maximum Gasteiger partial charge on any atom is 0.303 e. The molecule has 0 heterocycles. The van der Waals surface area contributed by atoms with Crippen LogP contribution in [0.4, 0.5) is 4.39 Å². The molecule has 0 aromatic heterocycles. The van der Waals surface area contributed by atoms with Gasteiger partial charge in [0.05, 0.1) is 0 Å². The van der Waals surface area contributed by atoms with E-state index in [1.807, 2.05) is 13.8 Å². The number of carboxylic acids is 1. The summed E-state index contributed by atoms with van der Waals surface area (Å²) in [6.07, 6.45) is 0.727. The molecule has 19 heavy (non-hydrogen) atoms. The molecule has 0 spiro atoms. The van der Waals surface area contributed by atoms with Gasteiger partial charge in [0.15, 0.2) is 0 Å². The lowest BCUT2D eigenvalue weighted by Crippen LogP contribution is -2.34. The Labute approximate surface area is 121 Å². The molecule has 106 valence electrons. The number of halogens is 2. The molecular weight excluding hydrogens is 313 g/mol. The van der Waals surface area contributed by atoms with Crippen molar-refractivity contribution in [2.24, 2.45) is 0 Å². The minimum absolute atomic E-state index is 0.151. The van der Waals surface area contributed by atoms with Crippen molar-refractivity contribution in [1.82, 2.24) is 5.32 Å². The largest absolute Gasteiger partial charge is 0.481 e. The summed E-state index contributed by atoms with van der Waals surface area (Å²) in [4.78, 5) is 10.4. The molecule has 2 N–H and O–H groups in total. The molecule has 0 saturated heterocycles. The lowest BCUT2D eigenvalue weighted by Gasteiger charge is -2.26. The second-order valence-corrected chi connectivity index (χ2v) is 6.10. The van der Waals surface area contributed by atoms with Crippen LogP contribution in [0.1, 0.15) is 32.3 Å². The van der Waals surface area contributed by atoms with Crippen LogP contribution in [0.15, 0.2) is 22.7 Å².